The van der Waals surface area contributed by atoms with Crippen molar-refractivity contribution in [3.8, 4) is 5.75 Å². The number of unbranched alkanes of at least 4 members (excludes halogenated alkanes) is 14. The largest absolute Gasteiger partial charge is 0.426 e. The van der Waals surface area contributed by atoms with Crippen LogP contribution in [0.25, 0.3) is 0 Å². The molecule has 0 saturated heterocycles. The van der Waals surface area contributed by atoms with E-state index in [4.69, 9.17) is 4.74 Å². The Morgan fingerprint density at radius 3 is 2.07 bits per heavy atom. The van der Waals surface area contributed by atoms with E-state index in [1.54, 1.807) is 0 Å². The van der Waals surface area contributed by atoms with Gasteiger partial charge in [0, 0.05) is 23.9 Å². The Kier molecular flexibility index (Phi) is 17.4. The van der Waals surface area contributed by atoms with Crippen LogP contribution in [0.2, 0.25) is 0 Å². The van der Waals surface area contributed by atoms with Crippen molar-refractivity contribution in [2.75, 3.05) is 13.1 Å². The smallest absolute Gasteiger partial charge is 0.311 e. The second-order valence-electron chi connectivity index (χ2n) is 12.3. The first-order chi connectivity index (χ1) is 20.2. The van der Waals surface area contributed by atoms with Crippen LogP contribution < -0.4 is 4.74 Å². The molecule has 41 heavy (non-hydrogen) atoms. The summed E-state index contributed by atoms with van der Waals surface area (Å²) in [5.74, 6) is 0.756. The molecule has 0 bridgehead atoms. The highest BCUT2D eigenvalue weighted by atomic mass is 32.1. The number of hydrogen-bond acceptors (Lipinski definition) is 4. The van der Waals surface area contributed by atoms with Crippen molar-refractivity contribution in [3.63, 3.8) is 0 Å². The van der Waals surface area contributed by atoms with Gasteiger partial charge in [-0.15, -0.1) is 11.3 Å². The van der Waals surface area contributed by atoms with Crippen LogP contribution in [0, 0.1) is 0 Å². The fraction of sp³-hybridized carbons (Fsp3) is 0.703. The lowest BCUT2D eigenvalue weighted by Gasteiger charge is -2.35. The molecule has 1 aromatic carbocycles. The molecule has 0 saturated carbocycles. The zero-order valence-electron chi connectivity index (χ0n) is 26.5. The van der Waals surface area contributed by atoms with E-state index in [0.717, 1.165) is 57.4 Å². The third kappa shape index (κ3) is 13.5. The lowest BCUT2D eigenvalue weighted by molar-refractivity contribution is -0.134. The number of fused-ring (bicyclic) bond motifs is 1. The molecule has 0 radical (unpaired) electrons. The zero-order valence-corrected chi connectivity index (χ0v) is 27.3. The number of esters is 1. The highest BCUT2D eigenvalue weighted by molar-refractivity contribution is 7.09. The third-order valence-electron chi connectivity index (χ3n) is 8.87. The number of rotatable bonds is 23. The summed E-state index contributed by atoms with van der Waals surface area (Å²) in [6.07, 6.45) is 26.1. The summed E-state index contributed by atoms with van der Waals surface area (Å²) >= 11 is 1.87. The Hall–Kier alpha value is -1.65. The Labute approximate surface area is 256 Å². The molecule has 1 aliphatic carbocycles. The van der Waals surface area contributed by atoms with Gasteiger partial charge in [0.2, 0.25) is 0 Å². The molecule has 1 unspecified atom stereocenters. The lowest BCUT2D eigenvalue weighted by atomic mass is 9.86. The van der Waals surface area contributed by atoms with Crippen molar-refractivity contribution < 1.29 is 9.53 Å². The standard InChI is InChI=1S/C37H59NO2S/c1-3-5-6-7-8-9-10-11-12-13-14-15-16-17-18-24-37(39)40-36-23-19-21-32-31-33(25-26-35(32)36)38(28-4-2)29-27-34-22-20-30-41-34/h19-23,30,33H,3-18,24-29,31H2,1-2H3. The van der Waals surface area contributed by atoms with Gasteiger partial charge < -0.3 is 4.74 Å². The fourth-order valence-corrected chi connectivity index (χ4v) is 7.15. The van der Waals surface area contributed by atoms with Gasteiger partial charge in [-0.2, -0.15) is 0 Å². The summed E-state index contributed by atoms with van der Waals surface area (Å²) in [7, 11) is 0. The predicted octanol–water partition coefficient (Wildman–Crippen LogP) is 10.7. The Bertz CT molecular complexity index is 940. The number of hydrogen-bond donors (Lipinski definition) is 0. The van der Waals surface area contributed by atoms with Crippen LogP contribution in [-0.2, 0) is 24.1 Å². The van der Waals surface area contributed by atoms with Crippen LogP contribution in [0.5, 0.6) is 5.75 Å². The van der Waals surface area contributed by atoms with Gasteiger partial charge in [0.05, 0.1) is 0 Å². The maximum absolute atomic E-state index is 12.7. The molecule has 1 atom stereocenters. The lowest BCUT2D eigenvalue weighted by Crippen LogP contribution is -2.41. The average Bonchev–Trinajstić information content (AvgIpc) is 3.51. The summed E-state index contributed by atoms with van der Waals surface area (Å²) in [4.78, 5) is 16.8. The van der Waals surface area contributed by atoms with Gasteiger partial charge in [0.15, 0.2) is 0 Å². The number of benzene rings is 1. The average molecular weight is 582 g/mol. The van der Waals surface area contributed by atoms with E-state index in [1.807, 2.05) is 17.4 Å². The van der Waals surface area contributed by atoms with E-state index in [0.29, 0.717) is 12.5 Å². The summed E-state index contributed by atoms with van der Waals surface area (Å²) in [5, 5.41) is 2.18. The molecule has 0 fully saturated rings. The normalized spacial score (nSPS) is 14.9. The minimum atomic E-state index is -0.0567. The van der Waals surface area contributed by atoms with Crippen LogP contribution in [0.1, 0.15) is 145 Å². The van der Waals surface area contributed by atoms with Crippen molar-refractivity contribution >= 4 is 17.3 Å². The molecular weight excluding hydrogens is 522 g/mol. The van der Waals surface area contributed by atoms with E-state index in [9.17, 15) is 4.79 Å². The second kappa shape index (κ2) is 21.1. The van der Waals surface area contributed by atoms with E-state index >= 15 is 0 Å². The molecule has 2 aromatic rings. The SMILES string of the molecule is CCCCCCCCCCCCCCCCCC(=O)Oc1cccc2c1CCC(N(CCC)CCc1cccs1)C2. The van der Waals surface area contributed by atoms with Crippen molar-refractivity contribution in [1.82, 2.24) is 4.90 Å². The van der Waals surface area contributed by atoms with E-state index < -0.39 is 0 Å². The molecule has 3 rings (SSSR count). The molecular formula is C37H59NO2S. The first kappa shape index (κ1) is 33.8. The maximum Gasteiger partial charge on any atom is 0.311 e. The van der Waals surface area contributed by atoms with Crippen molar-refractivity contribution in [2.45, 2.75) is 155 Å². The highest BCUT2D eigenvalue weighted by Gasteiger charge is 2.26. The number of thiophene rings is 1. The molecule has 0 N–H and O–H groups in total. The molecule has 0 spiro atoms. The van der Waals surface area contributed by atoms with Crippen molar-refractivity contribution in [3.05, 3.63) is 51.7 Å². The van der Waals surface area contributed by atoms with Crippen LogP contribution in [0.4, 0.5) is 0 Å². The van der Waals surface area contributed by atoms with Crippen LogP contribution >= 0.6 is 11.3 Å². The first-order valence-corrected chi connectivity index (χ1v) is 18.2. The van der Waals surface area contributed by atoms with Crippen molar-refractivity contribution in [1.29, 1.82) is 0 Å². The third-order valence-corrected chi connectivity index (χ3v) is 9.81. The second-order valence-corrected chi connectivity index (χ2v) is 13.4. The summed E-state index contributed by atoms with van der Waals surface area (Å²) < 4.78 is 5.92. The number of ether oxygens (including phenoxy) is 1. The molecule has 0 amide bonds. The quantitative estimate of drug-likeness (QED) is 0.0742. The van der Waals surface area contributed by atoms with Gasteiger partial charge in [-0.3, -0.25) is 9.69 Å². The van der Waals surface area contributed by atoms with Gasteiger partial charge in [0.1, 0.15) is 5.75 Å². The zero-order chi connectivity index (χ0) is 29.0. The van der Waals surface area contributed by atoms with E-state index in [2.05, 4.69) is 48.4 Å². The highest BCUT2D eigenvalue weighted by Crippen LogP contribution is 2.32. The monoisotopic (exact) mass is 581 g/mol. The van der Waals surface area contributed by atoms with Crippen LogP contribution in [-0.4, -0.2) is 30.0 Å². The Balaban J connectivity index is 1.27. The van der Waals surface area contributed by atoms with Gasteiger partial charge in [-0.05, 0) is 73.7 Å². The summed E-state index contributed by atoms with van der Waals surface area (Å²) in [6, 6.07) is 11.3. The van der Waals surface area contributed by atoms with Gasteiger partial charge in [-0.1, -0.05) is 122 Å². The maximum atomic E-state index is 12.7. The molecule has 3 nitrogen and oxygen atoms in total. The molecule has 0 aliphatic heterocycles. The molecule has 1 aromatic heterocycles. The first-order valence-electron chi connectivity index (χ1n) is 17.3. The predicted molar refractivity (Wildman–Crippen MR) is 177 cm³/mol. The van der Waals surface area contributed by atoms with Gasteiger partial charge in [0.25, 0.3) is 0 Å². The van der Waals surface area contributed by atoms with E-state index in [1.165, 1.54) is 106 Å². The number of carbonyl (C=O) groups is 1. The fourth-order valence-electron chi connectivity index (χ4n) is 6.45. The topological polar surface area (TPSA) is 29.5 Å². The van der Waals surface area contributed by atoms with Crippen LogP contribution in [0.15, 0.2) is 35.7 Å². The van der Waals surface area contributed by atoms with Gasteiger partial charge in [-0.25, -0.2) is 0 Å². The Morgan fingerprint density at radius 2 is 1.46 bits per heavy atom. The Morgan fingerprint density at radius 1 is 0.805 bits per heavy atom. The number of nitrogens with zero attached hydrogens (tertiary/aromatic N) is 1. The molecule has 230 valence electrons. The van der Waals surface area contributed by atoms with Crippen LogP contribution in [0.3, 0.4) is 0 Å². The number of carbonyl (C=O) groups excluding carboxylic acids is 1. The molecule has 4 heteroatoms. The minimum Gasteiger partial charge on any atom is -0.426 e. The molecule has 1 heterocycles. The van der Waals surface area contributed by atoms with Gasteiger partial charge >= 0.3 is 5.97 Å². The summed E-state index contributed by atoms with van der Waals surface area (Å²) in [5.41, 5.74) is 2.64. The molecule has 1 aliphatic rings. The van der Waals surface area contributed by atoms with Crippen molar-refractivity contribution in [2.24, 2.45) is 0 Å². The minimum absolute atomic E-state index is 0.0567. The summed E-state index contributed by atoms with van der Waals surface area (Å²) in [6.45, 7) is 6.85. The van der Waals surface area contributed by atoms with E-state index in [-0.39, 0.29) is 5.97 Å².